The summed E-state index contributed by atoms with van der Waals surface area (Å²) >= 11 is 8.19. The SMILES string of the molecule is CC(C)C[C@H](N)C(=O)N[C@@H](CS)C(=O)N1CCC[C@H]1C(=O)NCC(=O)NCC(=O)N[C@@H](CC(N)=O)C(=O)N[C@@H](CS)C(=O)N[C@H](C(=O)O)C(C)C. The molecule has 0 spiro atoms. The van der Waals surface area contributed by atoms with Gasteiger partial charge in [-0.15, -0.1) is 0 Å². The molecule has 1 aliphatic heterocycles. The molecule has 0 aromatic carbocycles. The molecule has 0 bridgehead atoms. The normalized spacial score (nSPS) is 17.0. The summed E-state index contributed by atoms with van der Waals surface area (Å²) in [4.78, 5) is 113. The summed E-state index contributed by atoms with van der Waals surface area (Å²) in [5.41, 5.74) is 11.1. The van der Waals surface area contributed by atoms with Crippen molar-refractivity contribution in [1.29, 1.82) is 0 Å². The number of carboxylic acid groups (broad SMARTS) is 1. The van der Waals surface area contributed by atoms with E-state index in [1.54, 1.807) is 13.8 Å². The zero-order valence-electron chi connectivity index (χ0n) is 29.1. The van der Waals surface area contributed by atoms with Crippen molar-refractivity contribution in [3.8, 4) is 0 Å². The number of nitrogens with two attached hydrogens (primary N) is 2. The van der Waals surface area contributed by atoms with E-state index < -0.39 is 115 Å². The van der Waals surface area contributed by atoms with Crippen LogP contribution in [0.25, 0.3) is 0 Å². The first-order valence-electron chi connectivity index (χ1n) is 16.4. The maximum atomic E-state index is 13.2. The lowest BCUT2D eigenvalue weighted by molar-refractivity contribution is -0.143. The molecule has 1 aliphatic rings. The van der Waals surface area contributed by atoms with Gasteiger partial charge in [-0.2, -0.15) is 25.3 Å². The van der Waals surface area contributed by atoms with Crippen molar-refractivity contribution in [3.63, 3.8) is 0 Å². The molecule has 8 amide bonds. The zero-order valence-corrected chi connectivity index (χ0v) is 30.9. The largest absolute Gasteiger partial charge is 0.480 e. The van der Waals surface area contributed by atoms with Crippen molar-refractivity contribution < 1.29 is 48.3 Å². The molecule has 288 valence electrons. The Bertz CT molecular complexity index is 1300. The predicted molar refractivity (Wildman–Crippen MR) is 190 cm³/mol. The van der Waals surface area contributed by atoms with Gasteiger partial charge in [-0.1, -0.05) is 27.7 Å². The number of hydrogen-bond acceptors (Lipinski definition) is 12. The van der Waals surface area contributed by atoms with E-state index >= 15 is 0 Å². The summed E-state index contributed by atoms with van der Waals surface area (Å²) in [5.74, 6) is -8.13. The highest BCUT2D eigenvalue weighted by Gasteiger charge is 2.38. The van der Waals surface area contributed by atoms with Gasteiger partial charge >= 0.3 is 5.97 Å². The minimum absolute atomic E-state index is 0.0349. The molecular weight excluding hydrogens is 711 g/mol. The number of likely N-dealkylation sites (tertiary alicyclic amines) is 1. The smallest absolute Gasteiger partial charge is 0.326 e. The molecule has 0 aromatic heterocycles. The van der Waals surface area contributed by atoms with E-state index in [2.05, 4.69) is 57.2 Å². The molecule has 6 atom stereocenters. The average molecular weight is 762 g/mol. The van der Waals surface area contributed by atoms with Crippen LogP contribution in [0.5, 0.6) is 0 Å². The van der Waals surface area contributed by atoms with Gasteiger partial charge in [-0.3, -0.25) is 38.4 Å². The zero-order chi connectivity index (χ0) is 39.0. The first-order chi connectivity index (χ1) is 23.8. The maximum absolute atomic E-state index is 13.2. The fourth-order valence-corrected chi connectivity index (χ4v) is 5.50. The van der Waals surface area contributed by atoms with Crippen LogP contribution in [0.3, 0.4) is 0 Å². The highest BCUT2D eigenvalue weighted by molar-refractivity contribution is 7.80. The third kappa shape index (κ3) is 15.3. The third-order valence-corrected chi connectivity index (χ3v) is 8.40. The van der Waals surface area contributed by atoms with Crippen LogP contribution in [0.1, 0.15) is 53.4 Å². The molecular formula is C30H51N9O10S2. The van der Waals surface area contributed by atoms with E-state index in [9.17, 15) is 48.3 Å². The topological polar surface area (TPSA) is 301 Å². The number of rotatable bonds is 21. The molecule has 1 fully saturated rings. The number of primary amides is 1. The van der Waals surface area contributed by atoms with Gasteiger partial charge in [0.25, 0.3) is 0 Å². The second kappa shape index (κ2) is 22.0. The number of thiol groups is 2. The van der Waals surface area contributed by atoms with Crippen LogP contribution in [0.4, 0.5) is 0 Å². The van der Waals surface area contributed by atoms with Gasteiger partial charge in [-0.25, -0.2) is 4.79 Å². The lowest BCUT2D eigenvalue weighted by Gasteiger charge is -2.28. The van der Waals surface area contributed by atoms with Gasteiger partial charge in [0.15, 0.2) is 0 Å². The van der Waals surface area contributed by atoms with E-state index in [-0.39, 0.29) is 24.0 Å². The van der Waals surface area contributed by atoms with Crippen LogP contribution in [0, 0.1) is 11.8 Å². The molecule has 1 heterocycles. The van der Waals surface area contributed by atoms with Gasteiger partial charge in [0.2, 0.25) is 47.3 Å². The average Bonchev–Trinajstić information content (AvgIpc) is 3.55. The molecule has 19 nitrogen and oxygen atoms in total. The number of hydrogen-bond donors (Lipinski definition) is 11. The van der Waals surface area contributed by atoms with Crippen LogP contribution in [-0.4, -0.2) is 131 Å². The minimum atomic E-state index is -1.56. The van der Waals surface area contributed by atoms with Crippen LogP contribution in [-0.2, 0) is 43.2 Å². The van der Waals surface area contributed by atoms with E-state index in [0.29, 0.717) is 19.3 Å². The summed E-state index contributed by atoms with van der Waals surface area (Å²) in [7, 11) is 0. The Kier molecular flexibility index (Phi) is 19.3. The highest BCUT2D eigenvalue weighted by Crippen LogP contribution is 2.19. The monoisotopic (exact) mass is 761 g/mol. The Balaban J connectivity index is 2.73. The first kappa shape index (κ1) is 44.9. The Labute approximate surface area is 307 Å². The quantitative estimate of drug-likeness (QED) is 0.0501. The van der Waals surface area contributed by atoms with Gasteiger partial charge < -0.3 is 53.4 Å². The van der Waals surface area contributed by atoms with E-state index in [1.165, 1.54) is 4.90 Å². The molecule has 0 radical (unpaired) electrons. The van der Waals surface area contributed by atoms with Gasteiger partial charge in [-0.05, 0) is 31.1 Å². The summed E-state index contributed by atoms with van der Waals surface area (Å²) in [6.07, 6.45) is 0.537. The number of nitrogens with one attached hydrogen (secondary N) is 6. The van der Waals surface area contributed by atoms with Crippen LogP contribution in [0.2, 0.25) is 0 Å². The van der Waals surface area contributed by atoms with Crippen molar-refractivity contribution >= 4 is 78.5 Å². The van der Waals surface area contributed by atoms with E-state index in [1.807, 2.05) is 13.8 Å². The molecule has 11 N–H and O–H groups in total. The summed E-state index contributed by atoms with van der Waals surface area (Å²) in [6.45, 7) is 5.94. The van der Waals surface area contributed by atoms with Gasteiger partial charge in [0.1, 0.15) is 30.2 Å². The predicted octanol–water partition coefficient (Wildman–Crippen LogP) is -4.00. The lowest BCUT2D eigenvalue weighted by atomic mass is 10.0. The molecule has 1 saturated heterocycles. The van der Waals surface area contributed by atoms with E-state index in [4.69, 9.17) is 11.5 Å². The Morgan fingerprint density at radius 3 is 1.88 bits per heavy atom. The van der Waals surface area contributed by atoms with Gasteiger partial charge in [0, 0.05) is 18.1 Å². The fourth-order valence-electron chi connectivity index (χ4n) is 5.00. The van der Waals surface area contributed by atoms with Crippen molar-refractivity contribution in [1.82, 2.24) is 36.8 Å². The lowest BCUT2D eigenvalue weighted by Crippen LogP contribution is -2.58. The van der Waals surface area contributed by atoms with Crippen molar-refractivity contribution in [3.05, 3.63) is 0 Å². The van der Waals surface area contributed by atoms with Crippen molar-refractivity contribution in [2.75, 3.05) is 31.1 Å². The first-order valence-corrected chi connectivity index (χ1v) is 17.6. The third-order valence-electron chi connectivity index (χ3n) is 7.67. The molecule has 0 unspecified atom stereocenters. The number of carbonyl (C=O) groups is 9. The number of amides is 8. The second-order valence-electron chi connectivity index (χ2n) is 12.8. The Hall–Kier alpha value is -4.11. The summed E-state index contributed by atoms with van der Waals surface area (Å²) in [5, 5.41) is 23.4. The number of carboxylic acids is 1. The molecule has 0 aromatic rings. The number of nitrogens with zero attached hydrogens (tertiary/aromatic N) is 1. The summed E-state index contributed by atoms with van der Waals surface area (Å²) in [6, 6.07) is -6.92. The molecule has 1 rings (SSSR count). The Morgan fingerprint density at radius 1 is 0.784 bits per heavy atom. The minimum Gasteiger partial charge on any atom is -0.480 e. The maximum Gasteiger partial charge on any atom is 0.326 e. The summed E-state index contributed by atoms with van der Waals surface area (Å²) < 4.78 is 0. The van der Waals surface area contributed by atoms with Gasteiger partial charge in [0.05, 0.1) is 25.6 Å². The fraction of sp³-hybridized carbons (Fsp3) is 0.700. The number of carbonyl (C=O) groups excluding carboxylic acids is 8. The van der Waals surface area contributed by atoms with Crippen LogP contribution >= 0.6 is 25.3 Å². The highest BCUT2D eigenvalue weighted by atomic mass is 32.1. The van der Waals surface area contributed by atoms with Crippen molar-refractivity contribution in [2.45, 2.75) is 89.6 Å². The van der Waals surface area contributed by atoms with Crippen molar-refractivity contribution in [2.24, 2.45) is 23.3 Å². The standard InChI is InChI=1S/C30H51N9O10S2/c1-14(2)8-16(31)25(43)37-19(13-51)29(47)39-7-5-6-20(39)28(46)34-10-22(41)33-11-23(42)35-17(9-21(32)40)26(44)36-18(12-50)27(45)38-24(15(3)4)30(48)49/h14-20,24,50-51H,5-13,31H2,1-4H3,(H2,32,40)(H,33,41)(H,34,46)(H,35,42)(H,36,44)(H,37,43)(H,38,45)(H,48,49)/t16-,17-,18-,19-,20-,24-/m0/s1. The molecule has 21 heteroatoms. The van der Waals surface area contributed by atoms with Crippen LogP contribution in [0.15, 0.2) is 0 Å². The Morgan fingerprint density at radius 2 is 1.35 bits per heavy atom. The number of aliphatic carboxylic acids is 1. The molecule has 0 saturated carbocycles. The van der Waals surface area contributed by atoms with E-state index in [0.717, 1.165) is 0 Å². The second-order valence-corrected chi connectivity index (χ2v) is 13.5. The molecule has 51 heavy (non-hydrogen) atoms. The molecule has 0 aliphatic carbocycles. The van der Waals surface area contributed by atoms with Crippen LogP contribution < -0.4 is 43.4 Å².